The predicted molar refractivity (Wildman–Crippen MR) is 80.7 cm³/mol. The first-order valence-electron chi connectivity index (χ1n) is 6.98. The van der Waals surface area contributed by atoms with Crippen LogP contribution in [0.2, 0.25) is 0 Å². The van der Waals surface area contributed by atoms with Crippen molar-refractivity contribution in [2.24, 2.45) is 0 Å². The first-order chi connectivity index (χ1) is 9.44. The highest BCUT2D eigenvalue weighted by atomic mass is 16.5. The minimum absolute atomic E-state index is 0.000767. The van der Waals surface area contributed by atoms with Gasteiger partial charge >= 0.3 is 0 Å². The summed E-state index contributed by atoms with van der Waals surface area (Å²) in [5.41, 5.74) is 8.20. The summed E-state index contributed by atoms with van der Waals surface area (Å²) < 4.78 is 5.66. The van der Waals surface area contributed by atoms with E-state index in [1.807, 2.05) is 32.9 Å². The number of rotatable bonds is 3. The van der Waals surface area contributed by atoms with E-state index >= 15 is 0 Å². The van der Waals surface area contributed by atoms with Gasteiger partial charge in [0, 0.05) is 24.5 Å². The Morgan fingerprint density at radius 2 is 2.05 bits per heavy atom. The number of ether oxygens (including phenoxy) is 1. The molecule has 5 nitrogen and oxygen atoms in total. The molecule has 0 saturated carbocycles. The van der Waals surface area contributed by atoms with Crippen LogP contribution in [0, 0.1) is 6.92 Å². The molecule has 1 saturated heterocycles. The molecular weight excluding hydrogens is 254 g/mol. The van der Waals surface area contributed by atoms with Gasteiger partial charge in [0.2, 0.25) is 5.91 Å². The van der Waals surface area contributed by atoms with E-state index < -0.39 is 0 Å². The smallest absolute Gasteiger partial charge is 0.238 e. The number of aryl methyl sites for hydroxylation is 1. The molecule has 20 heavy (non-hydrogen) atoms. The van der Waals surface area contributed by atoms with Gasteiger partial charge < -0.3 is 15.8 Å². The first kappa shape index (κ1) is 14.8. The Balaban J connectivity index is 1.92. The van der Waals surface area contributed by atoms with Crippen LogP contribution in [0.1, 0.15) is 19.4 Å². The summed E-state index contributed by atoms with van der Waals surface area (Å²) in [6.07, 6.45) is 0.342. The number of nitrogen functional groups attached to an aromatic ring is 1. The third-order valence-electron chi connectivity index (χ3n) is 3.39. The lowest BCUT2D eigenvalue weighted by Crippen LogP contribution is -2.48. The zero-order chi connectivity index (χ0) is 14.7. The lowest BCUT2D eigenvalue weighted by molar-refractivity contribution is -0.121. The number of benzene rings is 1. The van der Waals surface area contributed by atoms with Crippen molar-refractivity contribution in [3.05, 3.63) is 23.8 Å². The predicted octanol–water partition coefficient (Wildman–Crippen LogP) is 1.62. The topological polar surface area (TPSA) is 67.6 Å². The molecule has 0 bridgehead atoms. The van der Waals surface area contributed by atoms with Crippen LogP contribution in [0.4, 0.5) is 11.4 Å². The number of morpholine rings is 1. The van der Waals surface area contributed by atoms with Crippen LogP contribution in [0.3, 0.4) is 0 Å². The number of carbonyl (C=O) groups is 1. The lowest BCUT2D eigenvalue weighted by atomic mass is 10.2. The number of hydrogen-bond donors (Lipinski definition) is 2. The van der Waals surface area contributed by atoms with Gasteiger partial charge in [-0.3, -0.25) is 9.69 Å². The maximum absolute atomic E-state index is 12.1. The number of amides is 1. The van der Waals surface area contributed by atoms with Crippen LogP contribution in [-0.2, 0) is 9.53 Å². The van der Waals surface area contributed by atoms with Gasteiger partial charge in [-0.15, -0.1) is 0 Å². The van der Waals surface area contributed by atoms with E-state index in [1.54, 1.807) is 6.07 Å². The van der Waals surface area contributed by atoms with Gasteiger partial charge in [-0.2, -0.15) is 0 Å². The maximum Gasteiger partial charge on any atom is 0.238 e. The minimum atomic E-state index is -0.000767. The summed E-state index contributed by atoms with van der Waals surface area (Å²) in [4.78, 5) is 14.2. The van der Waals surface area contributed by atoms with Gasteiger partial charge in [0.1, 0.15) is 0 Å². The van der Waals surface area contributed by atoms with E-state index in [1.165, 1.54) is 0 Å². The van der Waals surface area contributed by atoms with Crippen molar-refractivity contribution in [2.45, 2.75) is 33.0 Å². The van der Waals surface area contributed by atoms with Gasteiger partial charge in [0.15, 0.2) is 0 Å². The van der Waals surface area contributed by atoms with Crippen molar-refractivity contribution in [3.8, 4) is 0 Å². The quantitative estimate of drug-likeness (QED) is 0.824. The summed E-state index contributed by atoms with van der Waals surface area (Å²) in [5, 5.41) is 2.94. The largest absolute Gasteiger partial charge is 0.399 e. The molecule has 0 aromatic heterocycles. The molecule has 2 unspecified atom stereocenters. The molecule has 2 rings (SSSR count). The van der Waals surface area contributed by atoms with Crippen molar-refractivity contribution in [1.82, 2.24) is 4.90 Å². The highest BCUT2D eigenvalue weighted by molar-refractivity contribution is 5.93. The summed E-state index contributed by atoms with van der Waals surface area (Å²) >= 11 is 0. The molecule has 0 spiro atoms. The Labute approximate surface area is 120 Å². The normalized spacial score (nSPS) is 23.6. The van der Waals surface area contributed by atoms with Gasteiger partial charge in [-0.25, -0.2) is 0 Å². The Morgan fingerprint density at radius 3 is 2.65 bits per heavy atom. The third kappa shape index (κ3) is 3.95. The zero-order valence-corrected chi connectivity index (χ0v) is 12.3. The van der Waals surface area contributed by atoms with Crippen molar-refractivity contribution in [2.75, 3.05) is 30.7 Å². The van der Waals surface area contributed by atoms with Gasteiger partial charge in [0.05, 0.1) is 18.8 Å². The van der Waals surface area contributed by atoms with E-state index in [2.05, 4.69) is 10.2 Å². The van der Waals surface area contributed by atoms with Crippen molar-refractivity contribution in [3.63, 3.8) is 0 Å². The average molecular weight is 277 g/mol. The number of anilines is 2. The Kier molecular flexibility index (Phi) is 4.62. The molecule has 3 N–H and O–H groups in total. The third-order valence-corrected chi connectivity index (χ3v) is 3.39. The molecule has 1 aromatic carbocycles. The summed E-state index contributed by atoms with van der Waals surface area (Å²) in [5.74, 6) is -0.000767. The summed E-state index contributed by atoms with van der Waals surface area (Å²) in [6, 6.07) is 5.49. The zero-order valence-electron chi connectivity index (χ0n) is 12.3. The lowest BCUT2D eigenvalue weighted by Gasteiger charge is -2.34. The number of carbonyl (C=O) groups excluding carboxylic acids is 1. The fraction of sp³-hybridized carbons (Fsp3) is 0.533. The molecular formula is C15H23N3O2. The van der Waals surface area contributed by atoms with Crippen LogP contribution in [0.5, 0.6) is 0 Å². The maximum atomic E-state index is 12.1. The highest BCUT2D eigenvalue weighted by Gasteiger charge is 2.23. The molecule has 0 radical (unpaired) electrons. The number of nitrogens with two attached hydrogens (primary N) is 1. The summed E-state index contributed by atoms with van der Waals surface area (Å²) in [7, 11) is 0. The SMILES string of the molecule is Cc1cc(N)ccc1NC(=O)CN1CC(C)OC(C)C1. The highest BCUT2D eigenvalue weighted by Crippen LogP contribution is 2.18. The van der Waals surface area contributed by atoms with E-state index in [0.717, 1.165) is 24.3 Å². The van der Waals surface area contributed by atoms with Crippen LogP contribution < -0.4 is 11.1 Å². The van der Waals surface area contributed by atoms with Crippen LogP contribution in [0.15, 0.2) is 18.2 Å². The average Bonchev–Trinajstić information content (AvgIpc) is 2.31. The Hall–Kier alpha value is -1.59. The monoisotopic (exact) mass is 277 g/mol. The van der Waals surface area contributed by atoms with E-state index in [0.29, 0.717) is 12.2 Å². The Bertz CT molecular complexity index is 480. The molecule has 2 atom stereocenters. The second-order valence-corrected chi connectivity index (χ2v) is 5.57. The molecule has 0 aliphatic carbocycles. The molecule has 1 heterocycles. The van der Waals surface area contributed by atoms with Gasteiger partial charge in [-0.05, 0) is 44.5 Å². The van der Waals surface area contributed by atoms with Gasteiger partial charge in [-0.1, -0.05) is 0 Å². The molecule has 1 fully saturated rings. The second-order valence-electron chi connectivity index (χ2n) is 5.57. The summed E-state index contributed by atoms with van der Waals surface area (Å²) in [6.45, 7) is 7.97. The van der Waals surface area contributed by atoms with Gasteiger partial charge in [0.25, 0.3) is 0 Å². The number of nitrogens with zero attached hydrogens (tertiary/aromatic N) is 1. The molecule has 1 amide bonds. The molecule has 1 aliphatic rings. The second kappa shape index (κ2) is 6.24. The Morgan fingerprint density at radius 1 is 1.40 bits per heavy atom. The fourth-order valence-electron chi connectivity index (χ4n) is 2.63. The van der Waals surface area contributed by atoms with Crippen LogP contribution in [0.25, 0.3) is 0 Å². The van der Waals surface area contributed by atoms with E-state index in [-0.39, 0.29) is 18.1 Å². The van der Waals surface area contributed by atoms with Crippen LogP contribution >= 0.6 is 0 Å². The van der Waals surface area contributed by atoms with Crippen molar-refractivity contribution < 1.29 is 9.53 Å². The molecule has 110 valence electrons. The van der Waals surface area contributed by atoms with E-state index in [9.17, 15) is 4.79 Å². The minimum Gasteiger partial charge on any atom is -0.399 e. The van der Waals surface area contributed by atoms with Crippen molar-refractivity contribution in [1.29, 1.82) is 0 Å². The fourth-order valence-corrected chi connectivity index (χ4v) is 2.63. The molecule has 1 aliphatic heterocycles. The first-order valence-corrected chi connectivity index (χ1v) is 6.98. The van der Waals surface area contributed by atoms with Crippen molar-refractivity contribution >= 4 is 17.3 Å². The standard InChI is InChI=1S/C15H23N3O2/c1-10-6-13(16)4-5-14(10)17-15(19)9-18-7-11(2)20-12(3)8-18/h4-6,11-12H,7-9,16H2,1-3H3,(H,17,19). The number of nitrogens with one attached hydrogen (secondary N) is 1. The molecule has 5 heteroatoms. The number of hydrogen-bond acceptors (Lipinski definition) is 4. The van der Waals surface area contributed by atoms with Crippen LogP contribution in [-0.4, -0.2) is 42.6 Å². The van der Waals surface area contributed by atoms with E-state index in [4.69, 9.17) is 10.5 Å². The molecule has 1 aromatic rings.